The Balaban J connectivity index is 1.32. The first-order valence-electron chi connectivity index (χ1n) is 11.9. The molecule has 0 unspecified atom stereocenters. The van der Waals surface area contributed by atoms with Gasteiger partial charge in [0.25, 0.3) is 5.69 Å². The molecule has 0 saturated carbocycles. The van der Waals surface area contributed by atoms with E-state index in [2.05, 4.69) is 40.2 Å². The van der Waals surface area contributed by atoms with Gasteiger partial charge in [-0.1, -0.05) is 66.2 Å². The van der Waals surface area contributed by atoms with Crippen molar-refractivity contribution in [3.63, 3.8) is 0 Å². The van der Waals surface area contributed by atoms with Crippen LogP contribution in [0.15, 0.2) is 91.0 Å². The highest BCUT2D eigenvalue weighted by Gasteiger charge is 2.25. The lowest BCUT2D eigenvalue weighted by molar-refractivity contribution is -0.384. The van der Waals surface area contributed by atoms with Crippen LogP contribution < -0.4 is 10.1 Å². The molecule has 1 aromatic heterocycles. The number of hydrogen-bond donors (Lipinski definition) is 2. The summed E-state index contributed by atoms with van der Waals surface area (Å²) in [7, 11) is 0. The lowest BCUT2D eigenvalue weighted by Crippen LogP contribution is -2.41. The monoisotopic (exact) mass is 515 g/mol. The summed E-state index contributed by atoms with van der Waals surface area (Å²) in [6.45, 7) is 2.88. The van der Waals surface area contributed by atoms with Crippen LogP contribution in [0.1, 0.15) is 18.1 Å². The zero-order valence-electron chi connectivity index (χ0n) is 20.2. The Hall–Kier alpha value is -3.91. The number of nitrogens with zero attached hydrogens (tertiary/aromatic N) is 2. The van der Waals surface area contributed by atoms with Crippen molar-refractivity contribution in [2.75, 3.05) is 13.2 Å². The molecule has 188 valence electrons. The first-order chi connectivity index (χ1) is 17.8. The second-order valence-corrected chi connectivity index (χ2v) is 9.45. The Kier molecular flexibility index (Phi) is 6.84. The predicted octanol–water partition coefficient (Wildman–Crippen LogP) is 6.24. The Labute approximate surface area is 219 Å². The van der Waals surface area contributed by atoms with Gasteiger partial charge in [-0.05, 0) is 36.8 Å². The van der Waals surface area contributed by atoms with E-state index in [1.165, 1.54) is 30.0 Å². The molecule has 0 radical (unpaired) electrons. The zero-order valence-corrected chi connectivity index (χ0v) is 21.0. The number of halogens is 1. The van der Waals surface area contributed by atoms with E-state index in [1.54, 1.807) is 6.07 Å². The minimum atomic E-state index is -1.50. The fraction of sp³-hybridized carbons (Fsp3) is 0.172. The highest BCUT2D eigenvalue weighted by atomic mass is 35.5. The lowest BCUT2D eigenvalue weighted by atomic mass is 10.0. The molecule has 0 amide bonds. The lowest BCUT2D eigenvalue weighted by Gasteiger charge is -2.25. The predicted molar refractivity (Wildman–Crippen MR) is 146 cm³/mol. The van der Waals surface area contributed by atoms with Crippen molar-refractivity contribution < 1.29 is 14.8 Å². The van der Waals surface area contributed by atoms with Gasteiger partial charge in [-0.25, -0.2) is 0 Å². The molecular formula is C29H26ClN3O4. The Morgan fingerprint density at radius 3 is 2.49 bits per heavy atom. The van der Waals surface area contributed by atoms with Crippen LogP contribution in [-0.4, -0.2) is 27.7 Å². The summed E-state index contributed by atoms with van der Waals surface area (Å²) in [5.41, 5.74) is 2.05. The van der Waals surface area contributed by atoms with Gasteiger partial charge in [-0.15, -0.1) is 0 Å². The van der Waals surface area contributed by atoms with Crippen LogP contribution in [0.5, 0.6) is 5.75 Å². The van der Waals surface area contributed by atoms with Gasteiger partial charge in [-0.2, -0.15) is 0 Å². The number of fused-ring (bicyclic) bond motifs is 3. The maximum absolute atomic E-state index is 11.2. The van der Waals surface area contributed by atoms with Gasteiger partial charge in [0.05, 0.1) is 10.4 Å². The Morgan fingerprint density at radius 2 is 1.70 bits per heavy atom. The van der Waals surface area contributed by atoms with Crippen LogP contribution in [0.4, 0.5) is 5.69 Å². The Bertz CT molecular complexity index is 1580. The van der Waals surface area contributed by atoms with E-state index in [9.17, 15) is 15.2 Å². The second-order valence-electron chi connectivity index (χ2n) is 9.04. The third-order valence-corrected chi connectivity index (χ3v) is 6.79. The number of ether oxygens (including phenoxy) is 1. The number of rotatable bonds is 9. The van der Waals surface area contributed by atoms with Crippen LogP contribution in [0.2, 0.25) is 5.02 Å². The number of nitrogens with one attached hydrogen (secondary N) is 1. The summed E-state index contributed by atoms with van der Waals surface area (Å²) in [5.74, 6) is 0.716. The van der Waals surface area contributed by atoms with E-state index in [-0.39, 0.29) is 17.3 Å². The summed E-state index contributed by atoms with van der Waals surface area (Å²) in [5, 5.41) is 27.4. The molecule has 7 nitrogen and oxygen atoms in total. The molecule has 8 heteroatoms. The van der Waals surface area contributed by atoms with E-state index >= 15 is 0 Å². The molecular weight excluding hydrogens is 490 g/mol. The zero-order chi connectivity index (χ0) is 26.0. The van der Waals surface area contributed by atoms with Crippen LogP contribution in [-0.2, 0) is 12.3 Å². The number of hydrogen-bond acceptors (Lipinski definition) is 5. The van der Waals surface area contributed by atoms with E-state index in [0.717, 1.165) is 23.0 Å². The van der Waals surface area contributed by atoms with Gasteiger partial charge in [0.15, 0.2) is 0 Å². The third kappa shape index (κ3) is 5.15. The molecule has 4 aromatic carbocycles. The average Bonchev–Trinajstić information content (AvgIpc) is 3.20. The van der Waals surface area contributed by atoms with Gasteiger partial charge in [0.2, 0.25) is 0 Å². The molecule has 2 N–H and O–H groups in total. The molecule has 5 rings (SSSR count). The van der Waals surface area contributed by atoms with Gasteiger partial charge < -0.3 is 14.4 Å². The number of benzene rings is 4. The van der Waals surface area contributed by atoms with Crippen molar-refractivity contribution in [3.05, 3.63) is 117 Å². The average molecular weight is 516 g/mol. The number of aromatic nitrogens is 1. The third-order valence-electron chi connectivity index (χ3n) is 6.47. The fourth-order valence-corrected chi connectivity index (χ4v) is 4.76. The largest absolute Gasteiger partial charge is 0.492 e. The van der Waals surface area contributed by atoms with Crippen LogP contribution >= 0.6 is 11.6 Å². The molecule has 1 atom stereocenters. The van der Waals surface area contributed by atoms with Crippen molar-refractivity contribution >= 4 is 39.1 Å². The number of para-hydroxylation sites is 1. The normalized spacial score (nSPS) is 13.1. The van der Waals surface area contributed by atoms with Crippen LogP contribution in [0.3, 0.4) is 0 Å². The van der Waals surface area contributed by atoms with Gasteiger partial charge in [-0.3, -0.25) is 15.4 Å². The quantitative estimate of drug-likeness (QED) is 0.105. The summed E-state index contributed by atoms with van der Waals surface area (Å²) < 4.78 is 8.31. The number of nitro groups is 1. The Morgan fingerprint density at radius 1 is 0.973 bits per heavy atom. The van der Waals surface area contributed by atoms with Crippen molar-refractivity contribution in [2.24, 2.45) is 0 Å². The first-order valence-corrected chi connectivity index (χ1v) is 12.3. The van der Waals surface area contributed by atoms with E-state index in [0.29, 0.717) is 17.9 Å². The van der Waals surface area contributed by atoms with Gasteiger partial charge in [0, 0.05) is 47.1 Å². The number of nitro benzene ring substituents is 1. The smallest absolute Gasteiger partial charge is 0.288 e. The van der Waals surface area contributed by atoms with E-state index in [1.807, 2.05) is 42.5 Å². The van der Waals surface area contributed by atoms with E-state index < -0.39 is 10.6 Å². The molecule has 0 saturated heterocycles. The molecule has 37 heavy (non-hydrogen) atoms. The van der Waals surface area contributed by atoms with Crippen molar-refractivity contribution in [3.8, 4) is 5.75 Å². The maximum Gasteiger partial charge on any atom is 0.288 e. The molecule has 0 aliphatic heterocycles. The van der Waals surface area contributed by atoms with Crippen molar-refractivity contribution in [1.29, 1.82) is 0 Å². The van der Waals surface area contributed by atoms with Crippen molar-refractivity contribution in [1.82, 2.24) is 9.88 Å². The number of aliphatic hydroxyl groups is 1. The molecule has 0 aliphatic carbocycles. The maximum atomic E-state index is 11.2. The van der Waals surface area contributed by atoms with Crippen LogP contribution in [0, 0.1) is 10.1 Å². The van der Waals surface area contributed by atoms with Gasteiger partial charge >= 0.3 is 0 Å². The molecule has 5 aromatic rings. The van der Waals surface area contributed by atoms with Crippen LogP contribution in [0.25, 0.3) is 21.8 Å². The molecule has 0 bridgehead atoms. The second kappa shape index (κ2) is 10.2. The minimum absolute atomic E-state index is 0.0213. The van der Waals surface area contributed by atoms with Gasteiger partial charge in [0.1, 0.15) is 23.1 Å². The molecule has 1 heterocycles. The van der Waals surface area contributed by atoms with Crippen molar-refractivity contribution in [2.45, 2.75) is 19.2 Å². The standard InChI is InChI=1S/C29H26ClN3O4/c1-29(34,21-11-14-25(30)28(17-21)33(35)36)31-15-16-37-22-12-13-24-23-9-5-6-10-26(23)32(27(24)18-22)19-20-7-3-2-4-8-20/h2-14,17-18,31,34H,15-16,19H2,1H3/t29-/m1/s1. The van der Waals surface area contributed by atoms with E-state index in [4.69, 9.17) is 16.3 Å². The highest BCUT2D eigenvalue weighted by Crippen LogP contribution is 2.32. The summed E-state index contributed by atoms with van der Waals surface area (Å²) in [4.78, 5) is 10.6. The topological polar surface area (TPSA) is 89.6 Å². The SMILES string of the molecule is C[C@](O)(NCCOc1ccc2c3ccccc3n(Cc3ccccc3)c2c1)c1ccc(Cl)c([N+](=O)[O-])c1. The minimum Gasteiger partial charge on any atom is -0.492 e. The molecule has 0 spiro atoms. The first kappa shape index (κ1) is 24.8. The summed E-state index contributed by atoms with van der Waals surface area (Å²) >= 11 is 5.89. The molecule has 0 fully saturated rings. The highest BCUT2D eigenvalue weighted by molar-refractivity contribution is 6.32. The fourth-order valence-electron chi connectivity index (χ4n) is 4.58. The summed E-state index contributed by atoms with van der Waals surface area (Å²) in [6.07, 6.45) is 0. The molecule has 0 aliphatic rings. The summed E-state index contributed by atoms with van der Waals surface area (Å²) in [6, 6.07) is 29.0.